The monoisotopic (exact) mass is 251 g/mol. The maximum atomic E-state index is 13.3. The maximum absolute atomic E-state index is 13.3. The first kappa shape index (κ1) is 13.4. The number of hydrogen-bond acceptors (Lipinski definition) is 3. The van der Waals surface area contributed by atoms with Crippen molar-refractivity contribution in [3.05, 3.63) is 29.8 Å². The summed E-state index contributed by atoms with van der Waals surface area (Å²) in [5.41, 5.74) is 7.16. The molecule has 1 fully saturated rings. The highest BCUT2D eigenvalue weighted by Crippen LogP contribution is 2.40. The molecule has 0 aliphatic heterocycles. The lowest BCUT2D eigenvalue weighted by atomic mass is 9.73. The van der Waals surface area contributed by atoms with Gasteiger partial charge in [-0.3, -0.25) is 4.98 Å². The first-order valence-corrected chi connectivity index (χ1v) is 6.60. The van der Waals surface area contributed by atoms with Crippen LogP contribution in [0.1, 0.15) is 43.7 Å². The number of hydrogen-bond donors (Lipinski definition) is 1. The predicted molar refractivity (Wildman–Crippen MR) is 70.6 cm³/mol. The topological polar surface area (TPSA) is 42.1 Å². The van der Waals surface area contributed by atoms with Crippen molar-refractivity contribution in [1.82, 2.24) is 9.88 Å². The summed E-state index contributed by atoms with van der Waals surface area (Å²) in [4.78, 5) is 6.13. The minimum absolute atomic E-state index is 0.0618. The third-order valence-corrected chi connectivity index (χ3v) is 4.27. The molecule has 1 aromatic rings. The van der Waals surface area contributed by atoms with E-state index in [0.29, 0.717) is 0 Å². The number of pyridine rings is 1. The van der Waals surface area contributed by atoms with Gasteiger partial charge in [0.1, 0.15) is 5.82 Å². The van der Waals surface area contributed by atoms with Crippen LogP contribution in [0.2, 0.25) is 0 Å². The number of halogens is 1. The molecular weight excluding hydrogens is 229 g/mol. The molecule has 1 unspecified atom stereocenters. The van der Waals surface area contributed by atoms with E-state index in [2.05, 4.69) is 24.0 Å². The average molecular weight is 251 g/mol. The van der Waals surface area contributed by atoms with Crippen LogP contribution in [0.15, 0.2) is 18.5 Å². The number of nitrogens with two attached hydrogens (primary N) is 1. The SMILES string of the molecule is CN(C)C1(C(N)c2cncc(F)c2)CCCCC1. The molecule has 0 amide bonds. The molecule has 0 spiro atoms. The van der Waals surface area contributed by atoms with E-state index in [9.17, 15) is 4.39 Å². The Balaban J connectivity index is 2.31. The Labute approximate surface area is 108 Å². The second-order valence-corrected chi connectivity index (χ2v) is 5.47. The van der Waals surface area contributed by atoms with E-state index in [4.69, 9.17) is 5.73 Å². The molecule has 2 N–H and O–H groups in total. The lowest BCUT2D eigenvalue weighted by Gasteiger charge is -2.47. The molecule has 0 aromatic carbocycles. The summed E-state index contributed by atoms with van der Waals surface area (Å²) in [5, 5.41) is 0. The molecule has 0 bridgehead atoms. The van der Waals surface area contributed by atoms with Crippen LogP contribution in [0.4, 0.5) is 4.39 Å². The molecule has 2 rings (SSSR count). The van der Waals surface area contributed by atoms with E-state index in [0.717, 1.165) is 18.4 Å². The maximum Gasteiger partial charge on any atom is 0.141 e. The van der Waals surface area contributed by atoms with Crippen LogP contribution in [-0.2, 0) is 0 Å². The van der Waals surface area contributed by atoms with Gasteiger partial charge in [0.25, 0.3) is 0 Å². The quantitative estimate of drug-likeness (QED) is 0.897. The van der Waals surface area contributed by atoms with Crippen molar-refractivity contribution < 1.29 is 4.39 Å². The molecule has 1 atom stereocenters. The van der Waals surface area contributed by atoms with Crippen LogP contribution in [-0.4, -0.2) is 29.5 Å². The van der Waals surface area contributed by atoms with Gasteiger partial charge in [0.2, 0.25) is 0 Å². The third-order valence-electron chi connectivity index (χ3n) is 4.27. The molecule has 1 aromatic heterocycles. The number of nitrogens with zero attached hydrogens (tertiary/aromatic N) is 2. The summed E-state index contributed by atoms with van der Waals surface area (Å²) in [5.74, 6) is -0.312. The fourth-order valence-electron chi connectivity index (χ4n) is 3.11. The Morgan fingerprint density at radius 1 is 1.28 bits per heavy atom. The van der Waals surface area contributed by atoms with E-state index < -0.39 is 0 Å². The summed E-state index contributed by atoms with van der Waals surface area (Å²) < 4.78 is 13.3. The fourth-order valence-corrected chi connectivity index (χ4v) is 3.11. The largest absolute Gasteiger partial charge is 0.322 e. The van der Waals surface area contributed by atoms with Crippen LogP contribution in [0, 0.1) is 5.82 Å². The molecule has 0 radical (unpaired) electrons. The molecule has 1 heterocycles. The molecule has 1 aliphatic carbocycles. The standard InChI is InChI=1S/C14H22FN3/c1-18(2)14(6-4-3-5-7-14)13(16)11-8-12(15)10-17-9-11/h8-10,13H,3-7,16H2,1-2H3. The number of likely N-dealkylation sites (N-methyl/N-ethyl adjacent to an activating group) is 1. The summed E-state index contributed by atoms with van der Waals surface area (Å²) in [6.45, 7) is 0. The van der Waals surface area contributed by atoms with Crippen LogP contribution >= 0.6 is 0 Å². The van der Waals surface area contributed by atoms with Crippen LogP contribution in [0.5, 0.6) is 0 Å². The summed E-state index contributed by atoms with van der Waals surface area (Å²) in [6.07, 6.45) is 8.69. The van der Waals surface area contributed by atoms with Gasteiger partial charge in [0, 0.05) is 17.8 Å². The molecular formula is C14H22FN3. The van der Waals surface area contributed by atoms with Crippen molar-refractivity contribution in [3.63, 3.8) is 0 Å². The Morgan fingerprint density at radius 3 is 2.50 bits per heavy atom. The van der Waals surface area contributed by atoms with Gasteiger partial charge < -0.3 is 10.6 Å². The van der Waals surface area contributed by atoms with Crippen molar-refractivity contribution in [2.45, 2.75) is 43.7 Å². The zero-order valence-electron chi connectivity index (χ0n) is 11.2. The van der Waals surface area contributed by atoms with Gasteiger partial charge >= 0.3 is 0 Å². The first-order chi connectivity index (χ1) is 8.56. The van der Waals surface area contributed by atoms with Gasteiger partial charge in [-0.15, -0.1) is 0 Å². The van der Waals surface area contributed by atoms with Crippen LogP contribution in [0.25, 0.3) is 0 Å². The fraction of sp³-hybridized carbons (Fsp3) is 0.643. The minimum Gasteiger partial charge on any atom is -0.322 e. The highest BCUT2D eigenvalue weighted by molar-refractivity contribution is 5.20. The van der Waals surface area contributed by atoms with E-state index >= 15 is 0 Å². The van der Waals surface area contributed by atoms with Gasteiger partial charge in [-0.2, -0.15) is 0 Å². The van der Waals surface area contributed by atoms with E-state index in [-0.39, 0.29) is 17.4 Å². The van der Waals surface area contributed by atoms with E-state index in [1.165, 1.54) is 31.5 Å². The van der Waals surface area contributed by atoms with E-state index in [1.807, 2.05) is 0 Å². The Hall–Kier alpha value is -1.00. The number of rotatable bonds is 3. The smallest absolute Gasteiger partial charge is 0.141 e. The van der Waals surface area contributed by atoms with Crippen molar-refractivity contribution in [3.8, 4) is 0 Å². The third kappa shape index (κ3) is 2.40. The van der Waals surface area contributed by atoms with Crippen LogP contribution in [0.3, 0.4) is 0 Å². The predicted octanol–water partition coefficient (Wildman–Crippen LogP) is 2.49. The van der Waals surface area contributed by atoms with Gasteiger partial charge in [-0.25, -0.2) is 4.39 Å². The van der Waals surface area contributed by atoms with Crippen molar-refractivity contribution >= 4 is 0 Å². The lowest BCUT2D eigenvalue weighted by molar-refractivity contribution is 0.0711. The lowest BCUT2D eigenvalue weighted by Crippen LogP contribution is -2.53. The summed E-state index contributed by atoms with van der Waals surface area (Å²) in [7, 11) is 4.13. The molecule has 4 heteroatoms. The van der Waals surface area contributed by atoms with Gasteiger partial charge in [-0.05, 0) is 38.6 Å². The molecule has 0 saturated heterocycles. The number of aromatic nitrogens is 1. The van der Waals surface area contributed by atoms with Crippen molar-refractivity contribution in [2.75, 3.05) is 14.1 Å². The molecule has 1 aliphatic rings. The molecule has 100 valence electrons. The van der Waals surface area contributed by atoms with Gasteiger partial charge in [-0.1, -0.05) is 19.3 Å². The summed E-state index contributed by atoms with van der Waals surface area (Å²) >= 11 is 0. The van der Waals surface area contributed by atoms with Gasteiger partial charge in [0.05, 0.1) is 6.20 Å². The normalized spacial score (nSPS) is 20.9. The van der Waals surface area contributed by atoms with E-state index in [1.54, 1.807) is 6.20 Å². The molecule has 3 nitrogen and oxygen atoms in total. The van der Waals surface area contributed by atoms with Gasteiger partial charge in [0.15, 0.2) is 0 Å². The highest BCUT2D eigenvalue weighted by Gasteiger charge is 2.40. The second-order valence-electron chi connectivity index (χ2n) is 5.47. The zero-order chi connectivity index (χ0) is 13.2. The Kier molecular flexibility index (Phi) is 3.97. The summed E-state index contributed by atoms with van der Waals surface area (Å²) in [6, 6.07) is 1.33. The second kappa shape index (κ2) is 5.33. The molecule has 1 saturated carbocycles. The molecule has 18 heavy (non-hydrogen) atoms. The average Bonchev–Trinajstić information content (AvgIpc) is 2.38. The minimum atomic E-state index is -0.312. The highest BCUT2D eigenvalue weighted by atomic mass is 19.1. The zero-order valence-corrected chi connectivity index (χ0v) is 11.2. The Bertz CT molecular complexity index is 400. The Morgan fingerprint density at radius 2 is 1.94 bits per heavy atom. The van der Waals surface area contributed by atoms with Crippen LogP contribution < -0.4 is 5.73 Å². The van der Waals surface area contributed by atoms with Crippen molar-refractivity contribution in [2.24, 2.45) is 5.73 Å². The van der Waals surface area contributed by atoms with Crippen molar-refractivity contribution in [1.29, 1.82) is 0 Å². The first-order valence-electron chi connectivity index (χ1n) is 6.60.